The molecule has 0 radical (unpaired) electrons. The molecule has 1 aromatic heterocycles. The zero-order chi connectivity index (χ0) is 13.1. The fraction of sp³-hybridized carbons (Fsp3) is 0.429. The maximum Gasteiger partial charge on any atom is 0.247 e. The normalized spacial score (nSPS) is 18.4. The lowest BCUT2D eigenvalue weighted by Crippen LogP contribution is -2.38. The number of benzene rings is 1. The number of hydrogen-bond acceptors (Lipinski definition) is 5. The van der Waals surface area contributed by atoms with Crippen molar-refractivity contribution in [3.05, 3.63) is 36.2 Å². The van der Waals surface area contributed by atoms with E-state index in [1.165, 1.54) is 0 Å². The quantitative estimate of drug-likeness (QED) is 0.845. The summed E-state index contributed by atoms with van der Waals surface area (Å²) in [6, 6.07) is 9.97. The molecule has 0 aliphatic carbocycles. The SMILES string of the molecule is CC(c1nnc(-c2ccccc2)o1)N1CCOCC1. The summed E-state index contributed by atoms with van der Waals surface area (Å²) in [6.07, 6.45) is 0. The Labute approximate surface area is 112 Å². The highest BCUT2D eigenvalue weighted by Gasteiger charge is 2.23. The van der Waals surface area contributed by atoms with Gasteiger partial charge in [0.05, 0.1) is 19.3 Å². The molecule has 1 aliphatic heterocycles. The van der Waals surface area contributed by atoms with Crippen LogP contribution in [0.25, 0.3) is 11.5 Å². The van der Waals surface area contributed by atoms with E-state index in [0.717, 1.165) is 31.9 Å². The Balaban J connectivity index is 1.77. The average Bonchev–Trinajstić information content (AvgIpc) is 2.98. The molecule has 1 atom stereocenters. The first-order chi connectivity index (χ1) is 9.34. The molecular formula is C14H17N3O2. The van der Waals surface area contributed by atoms with Crippen LogP contribution in [0.4, 0.5) is 0 Å². The van der Waals surface area contributed by atoms with Gasteiger partial charge in [0, 0.05) is 18.7 Å². The van der Waals surface area contributed by atoms with Crippen LogP contribution >= 0.6 is 0 Å². The van der Waals surface area contributed by atoms with Gasteiger partial charge in [0.25, 0.3) is 0 Å². The zero-order valence-corrected chi connectivity index (χ0v) is 11.0. The molecule has 2 heterocycles. The van der Waals surface area contributed by atoms with Gasteiger partial charge in [-0.2, -0.15) is 0 Å². The second-order valence-corrected chi connectivity index (χ2v) is 4.64. The molecule has 0 saturated carbocycles. The van der Waals surface area contributed by atoms with Crippen LogP contribution in [0.5, 0.6) is 0 Å². The van der Waals surface area contributed by atoms with Crippen LogP contribution in [0.1, 0.15) is 18.9 Å². The largest absolute Gasteiger partial charge is 0.419 e. The predicted octanol–water partition coefficient (Wildman–Crippen LogP) is 2.13. The van der Waals surface area contributed by atoms with Gasteiger partial charge in [-0.15, -0.1) is 10.2 Å². The minimum atomic E-state index is 0.133. The maximum absolute atomic E-state index is 5.78. The van der Waals surface area contributed by atoms with E-state index in [-0.39, 0.29) is 6.04 Å². The Morgan fingerprint density at radius 2 is 1.84 bits per heavy atom. The van der Waals surface area contributed by atoms with Crippen molar-refractivity contribution in [1.82, 2.24) is 15.1 Å². The first-order valence-corrected chi connectivity index (χ1v) is 6.55. The van der Waals surface area contributed by atoms with E-state index < -0.39 is 0 Å². The first kappa shape index (κ1) is 12.3. The molecule has 0 spiro atoms. The molecule has 2 aromatic rings. The number of ether oxygens (including phenoxy) is 1. The molecular weight excluding hydrogens is 242 g/mol. The number of hydrogen-bond donors (Lipinski definition) is 0. The van der Waals surface area contributed by atoms with Crippen LogP contribution in [0.3, 0.4) is 0 Å². The molecule has 1 aliphatic rings. The van der Waals surface area contributed by atoms with E-state index in [0.29, 0.717) is 11.8 Å². The molecule has 100 valence electrons. The molecule has 1 unspecified atom stereocenters. The Hall–Kier alpha value is -1.72. The van der Waals surface area contributed by atoms with Gasteiger partial charge in [-0.3, -0.25) is 4.90 Å². The summed E-state index contributed by atoms with van der Waals surface area (Å²) in [5.41, 5.74) is 0.954. The van der Waals surface area contributed by atoms with Gasteiger partial charge < -0.3 is 9.15 Å². The van der Waals surface area contributed by atoms with Crippen molar-refractivity contribution in [3.63, 3.8) is 0 Å². The fourth-order valence-corrected chi connectivity index (χ4v) is 2.22. The first-order valence-electron chi connectivity index (χ1n) is 6.55. The maximum atomic E-state index is 5.78. The summed E-state index contributed by atoms with van der Waals surface area (Å²) in [5, 5.41) is 8.30. The fourth-order valence-electron chi connectivity index (χ4n) is 2.22. The highest BCUT2D eigenvalue weighted by atomic mass is 16.5. The Bertz CT molecular complexity index is 520. The van der Waals surface area contributed by atoms with Crippen LogP contribution in [0.15, 0.2) is 34.7 Å². The van der Waals surface area contributed by atoms with Gasteiger partial charge in [-0.05, 0) is 19.1 Å². The highest BCUT2D eigenvalue weighted by molar-refractivity contribution is 5.51. The lowest BCUT2D eigenvalue weighted by atomic mass is 10.2. The molecule has 0 N–H and O–H groups in total. The Kier molecular flexibility index (Phi) is 3.57. The van der Waals surface area contributed by atoms with Crippen LogP contribution in [0, 0.1) is 0 Å². The van der Waals surface area contributed by atoms with Crippen molar-refractivity contribution < 1.29 is 9.15 Å². The minimum Gasteiger partial charge on any atom is -0.419 e. The summed E-state index contributed by atoms with van der Waals surface area (Å²) in [7, 11) is 0. The van der Waals surface area contributed by atoms with Crippen molar-refractivity contribution in [2.45, 2.75) is 13.0 Å². The molecule has 1 fully saturated rings. The van der Waals surface area contributed by atoms with Gasteiger partial charge in [0.1, 0.15) is 0 Å². The number of nitrogens with zero attached hydrogens (tertiary/aromatic N) is 3. The highest BCUT2D eigenvalue weighted by Crippen LogP contribution is 2.24. The van der Waals surface area contributed by atoms with Crippen LogP contribution in [-0.2, 0) is 4.74 Å². The van der Waals surface area contributed by atoms with E-state index in [1.54, 1.807) is 0 Å². The molecule has 1 saturated heterocycles. The molecule has 1 aromatic carbocycles. The Morgan fingerprint density at radius 3 is 2.58 bits per heavy atom. The molecule has 5 heteroatoms. The summed E-state index contributed by atoms with van der Waals surface area (Å²) >= 11 is 0. The van der Waals surface area contributed by atoms with Crippen molar-refractivity contribution >= 4 is 0 Å². The molecule has 3 rings (SSSR count). The summed E-state index contributed by atoms with van der Waals surface area (Å²) in [5.74, 6) is 1.25. The summed E-state index contributed by atoms with van der Waals surface area (Å²) < 4.78 is 11.1. The van der Waals surface area contributed by atoms with Gasteiger partial charge in [-0.25, -0.2) is 0 Å². The minimum absolute atomic E-state index is 0.133. The molecule has 0 bridgehead atoms. The third kappa shape index (κ3) is 2.67. The van der Waals surface area contributed by atoms with Gasteiger partial charge >= 0.3 is 0 Å². The van der Waals surface area contributed by atoms with Gasteiger partial charge in [0.2, 0.25) is 11.8 Å². The topological polar surface area (TPSA) is 51.4 Å². The number of aromatic nitrogens is 2. The second-order valence-electron chi connectivity index (χ2n) is 4.64. The van der Waals surface area contributed by atoms with Crippen molar-refractivity contribution in [1.29, 1.82) is 0 Å². The monoisotopic (exact) mass is 259 g/mol. The van der Waals surface area contributed by atoms with E-state index >= 15 is 0 Å². The smallest absolute Gasteiger partial charge is 0.247 e. The van der Waals surface area contributed by atoms with Crippen molar-refractivity contribution in [3.8, 4) is 11.5 Å². The van der Waals surface area contributed by atoms with Gasteiger partial charge in [0.15, 0.2) is 0 Å². The Morgan fingerprint density at radius 1 is 1.11 bits per heavy atom. The number of rotatable bonds is 3. The van der Waals surface area contributed by atoms with E-state index in [1.807, 2.05) is 30.3 Å². The third-order valence-corrected chi connectivity index (χ3v) is 3.41. The average molecular weight is 259 g/mol. The van der Waals surface area contributed by atoms with Crippen molar-refractivity contribution in [2.24, 2.45) is 0 Å². The van der Waals surface area contributed by atoms with Crippen LogP contribution in [0.2, 0.25) is 0 Å². The molecule has 0 amide bonds. The van der Waals surface area contributed by atoms with E-state index in [9.17, 15) is 0 Å². The summed E-state index contributed by atoms with van der Waals surface area (Å²) in [4.78, 5) is 2.30. The standard InChI is InChI=1S/C14H17N3O2/c1-11(17-7-9-18-10-8-17)13-15-16-14(19-13)12-5-3-2-4-6-12/h2-6,11H,7-10H2,1H3. The third-order valence-electron chi connectivity index (χ3n) is 3.41. The zero-order valence-electron chi connectivity index (χ0n) is 11.0. The van der Waals surface area contributed by atoms with Crippen molar-refractivity contribution in [2.75, 3.05) is 26.3 Å². The van der Waals surface area contributed by atoms with E-state index in [2.05, 4.69) is 22.0 Å². The molecule has 5 nitrogen and oxygen atoms in total. The van der Waals surface area contributed by atoms with Crippen LogP contribution in [-0.4, -0.2) is 41.4 Å². The number of morpholine rings is 1. The summed E-state index contributed by atoms with van der Waals surface area (Å²) in [6.45, 7) is 5.44. The lowest BCUT2D eigenvalue weighted by molar-refractivity contribution is 0.0147. The molecule has 19 heavy (non-hydrogen) atoms. The van der Waals surface area contributed by atoms with Crippen LogP contribution < -0.4 is 0 Å². The van der Waals surface area contributed by atoms with E-state index in [4.69, 9.17) is 9.15 Å². The lowest BCUT2D eigenvalue weighted by Gasteiger charge is -2.30. The predicted molar refractivity (Wildman–Crippen MR) is 70.5 cm³/mol. The second kappa shape index (κ2) is 5.50. The van der Waals surface area contributed by atoms with Gasteiger partial charge in [-0.1, -0.05) is 18.2 Å².